The summed E-state index contributed by atoms with van der Waals surface area (Å²) in [5.41, 5.74) is 1.02. The molecule has 3 nitrogen and oxygen atoms in total. The molecule has 1 rings (SSSR count). The van der Waals surface area contributed by atoms with Gasteiger partial charge in [0.25, 0.3) is 0 Å². The van der Waals surface area contributed by atoms with Crippen molar-refractivity contribution in [3.05, 3.63) is 22.2 Å². The van der Waals surface area contributed by atoms with E-state index in [1.807, 2.05) is 13.0 Å². The van der Waals surface area contributed by atoms with Crippen LogP contribution in [0.1, 0.15) is 12.6 Å². The van der Waals surface area contributed by atoms with E-state index in [9.17, 15) is 0 Å². The van der Waals surface area contributed by atoms with Crippen molar-refractivity contribution in [2.24, 2.45) is 4.99 Å². The molecule has 5 heteroatoms. The molecule has 1 aromatic heterocycles. The molecule has 13 heavy (non-hydrogen) atoms. The summed E-state index contributed by atoms with van der Waals surface area (Å²) in [6.07, 6.45) is 3.55. The normalized spacial score (nSPS) is 10.7. The zero-order valence-electron chi connectivity index (χ0n) is 6.96. The van der Waals surface area contributed by atoms with Crippen molar-refractivity contribution in [1.82, 2.24) is 9.97 Å². The highest BCUT2D eigenvalue weighted by molar-refractivity contribution is 6.33. The fourth-order valence-corrected chi connectivity index (χ4v) is 1.29. The van der Waals surface area contributed by atoms with Crippen molar-refractivity contribution in [3.63, 3.8) is 0 Å². The minimum Gasteiger partial charge on any atom is -0.259 e. The van der Waals surface area contributed by atoms with Crippen molar-refractivity contribution >= 4 is 41.7 Å². The summed E-state index contributed by atoms with van der Waals surface area (Å²) in [5.74, 6) is 0. The molecule has 1 heterocycles. The maximum Gasteiger partial charge on any atom is 0.224 e. The van der Waals surface area contributed by atoms with E-state index in [2.05, 4.69) is 21.7 Å². The van der Waals surface area contributed by atoms with E-state index >= 15 is 0 Å². The Labute approximate surface area is 86.1 Å². The van der Waals surface area contributed by atoms with E-state index in [0.717, 1.165) is 0 Å². The second-order valence-corrected chi connectivity index (χ2v) is 2.87. The van der Waals surface area contributed by atoms with Crippen molar-refractivity contribution in [2.45, 2.75) is 6.92 Å². The summed E-state index contributed by atoms with van der Waals surface area (Å²) >= 11 is 11.4. The lowest BCUT2D eigenvalue weighted by Crippen LogP contribution is -1.88. The van der Waals surface area contributed by atoms with E-state index in [-0.39, 0.29) is 10.4 Å². The second-order valence-electron chi connectivity index (χ2n) is 2.18. The first-order valence-electron chi connectivity index (χ1n) is 3.51. The predicted molar refractivity (Wildman–Crippen MR) is 56.0 cm³/mol. The quantitative estimate of drug-likeness (QED) is 0.432. The van der Waals surface area contributed by atoms with Crippen LogP contribution in [0.5, 0.6) is 0 Å². The number of rotatable bonds is 2. The molecule has 0 bridgehead atoms. The molecule has 0 aliphatic heterocycles. The van der Waals surface area contributed by atoms with Crippen LogP contribution in [0, 0.1) is 0 Å². The van der Waals surface area contributed by atoms with Crippen LogP contribution in [0.4, 0.5) is 5.69 Å². The number of halogens is 2. The molecule has 0 aliphatic carbocycles. The second kappa shape index (κ2) is 4.35. The smallest absolute Gasteiger partial charge is 0.224 e. The Morgan fingerprint density at radius 1 is 1.38 bits per heavy atom. The summed E-state index contributed by atoms with van der Waals surface area (Å²) < 4.78 is 0. The Bertz CT molecular complexity index is 361. The van der Waals surface area contributed by atoms with Gasteiger partial charge >= 0.3 is 0 Å². The summed E-state index contributed by atoms with van der Waals surface area (Å²) in [4.78, 5) is 11.4. The third kappa shape index (κ3) is 2.26. The Kier molecular flexibility index (Phi) is 3.39. The van der Waals surface area contributed by atoms with E-state index in [1.165, 1.54) is 0 Å². The molecule has 1 aromatic rings. The van der Waals surface area contributed by atoms with Crippen LogP contribution in [0.25, 0.3) is 6.08 Å². The van der Waals surface area contributed by atoms with Gasteiger partial charge in [-0.1, -0.05) is 17.7 Å². The first-order valence-corrected chi connectivity index (χ1v) is 4.27. The van der Waals surface area contributed by atoms with Gasteiger partial charge < -0.3 is 0 Å². The van der Waals surface area contributed by atoms with Gasteiger partial charge in [-0.2, -0.15) is 0 Å². The van der Waals surface area contributed by atoms with Gasteiger partial charge in [-0.25, -0.2) is 9.97 Å². The van der Waals surface area contributed by atoms with Gasteiger partial charge in [0, 0.05) is 0 Å². The zero-order valence-corrected chi connectivity index (χ0v) is 8.47. The fraction of sp³-hybridized carbons (Fsp3) is 0.125. The summed E-state index contributed by atoms with van der Waals surface area (Å²) in [6, 6.07) is 0. The van der Waals surface area contributed by atoms with Crippen LogP contribution in [0.2, 0.25) is 10.4 Å². The van der Waals surface area contributed by atoms with Crippen LogP contribution >= 0.6 is 23.2 Å². The van der Waals surface area contributed by atoms with E-state index in [1.54, 1.807) is 6.08 Å². The van der Waals surface area contributed by atoms with Gasteiger partial charge in [0.2, 0.25) is 5.28 Å². The average molecular weight is 216 g/mol. The predicted octanol–water partition coefficient (Wildman–Crippen LogP) is 3.15. The molecule has 0 saturated heterocycles. The molecule has 0 aromatic carbocycles. The third-order valence-electron chi connectivity index (χ3n) is 1.32. The topological polar surface area (TPSA) is 38.1 Å². The Balaban J connectivity index is 3.37. The maximum atomic E-state index is 5.77. The molecule has 0 spiro atoms. The zero-order chi connectivity index (χ0) is 9.84. The van der Waals surface area contributed by atoms with Gasteiger partial charge in [0.1, 0.15) is 5.69 Å². The van der Waals surface area contributed by atoms with Gasteiger partial charge in [0.05, 0.1) is 5.69 Å². The number of allylic oxidation sites excluding steroid dienone is 1. The maximum absolute atomic E-state index is 5.77. The number of nitrogens with zero attached hydrogens (tertiary/aromatic N) is 3. The van der Waals surface area contributed by atoms with Crippen LogP contribution in [-0.2, 0) is 0 Å². The van der Waals surface area contributed by atoms with Gasteiger partial charge in [-0.05, 0) is 31.3 Å². The highest BCUT2D eigenvalue weighted by Gasteiger charge is 2.07. The minimum absolute atomic E-state index is 0.102. The average Bonchev–Trinajstić information content (AvgIpc) is 2.04. The molecule has 0 amide bonds. The summed E-state index contributed by atoms with van der Waals surface area (Å²) in [6.45, 7) is 5.23. The fourth-order valence-electron chi connectivity index (χ4n) is 0.837. The Morgan fingerprint density at radius 3 is 2.62 bits per heavy atom. The Hall–Kier alpha value is -0.930. The summed E-state index contributed by atoms with van der Waals surface area (Å²) in [5, 5.41) is 0.314. The molecular weight excluding hydrogens is 209 g/mol. The lowest BCUT2D eigenvalue weighted by molar-refractivity contribution is 1.14. The molecular formula is C8H7Cl2N3. The molecule has 0 radical (unpaired) electrons. The lowest BCUT2D eigenvalue weighted by atomic mass is 10.3. The molecule has 0 unspecified atom stereocenters. The van der Waals surface area contributed by atoms with Crippen molar-refractivity contribution in [3.8, 4) is 0 Å². The monoisotopic (exact) mass is 215 g/mol. The first-order chi connectivity index (χ1) is 6.19. The number of hydrogen-bond donors (Lipinski definition) is 0. The largest absolute Gasteiger partial charge is 0.259 e. The number of hydrogen-bond acceptors (Lipinski definition) is 3. The standard InChI is InChI=1S/C8H7Cl2N3/c1-3-4-5-6(11-2)7(9)13-8(10)12-5/h3-4H,2H2,1H3/b4-3-. The molecule has 0 fully saturated rings. The van der Waals surface area contributed by atoms with Crippen LogP contribution in [0.3, 0.4) is 0 Å². The summed E-state index contributed by atoms with van der Waals surface area (Å²) in [7, 11) is 0. The van der Waals surface area contributed by atoms with Gasteiger partial charge in [-0.15, -0.1) is 0 Å². The van der Waals surface area contributed by atoms with E-state index < -0.39 is 0 Å². The molecule has 68 valence electrons. The van der Waals surface area contributed by atoms with Crippen molar-refractivity contribution in [1.29, 1.82) is 0 Å². The van der Waals surface area contributed by atoms with E-state index in [4.69, 9.17) is 23.2 Å². The number of aliphatic imine (C=N–C) groups is 1. The third-order valence-corrected chi connectivity index (χ3v) is 1.76. The SMILES string of the molecule is C=Nc1c(Cl)nc(Cl)nc1/C=C\C. The Morgan fingerprint density at radius 2 is 2.08 bits per heavy atom. The van der Waals surface area contributed by atoms with Crippen molar-refractivity contribution < 1.29 is 0 Å². The number of aromatic nitrogens is 2. The molecule has 0 aliphatic rings. The molecule has 0 N–H and O–H groups in total. The molecule has 0 atom stereocenters. The highest BCUT2D eigenvalue weighted by atomic mass is 35.5. The van der Waals surface area contributed by atoms with Crippen molar-refractivity contribution in [2.75, 3.05) is 0 Å². The van der Waals surface area contributed by atoms with Gasteiger partial charge in [0.15, 0.2) is 5.15 Å². The van der Waals surface area contributed by atoms with Gasteiger partial charge in [-0.3, -0.25) is 4.99 Å². The highest BCUT2D eigenvalue weighted by Crippen LogP contribution is 2.27. The van der Waals surface area contributed by atoms with Crippen LogP contribution < -0.4 is 0 Å². The van der Waals surface area contributed by atoms with Crippen LogP contribution in [-0.4, -0.2) is 16.7 Å². The molecule has 0 saturated carbocycles. The van der Waals surface area contributed by atoms with E-state index in [0.29, 0.717) is 11.4 Å². The van der Waals surface area contributed by atoms with Crippen LogP contribution in [0.15, 0.2) is 11.1 Å². The minimum atomic E-state index is 0.102. The first kappa shape index (κ1) is 10.2. The lowest BCUT2D eigenvalue weighted by Gasteiger charge is -2.01.